The van der Waals surface area contributed by atoms with Gasteiger partial charge in [-0.1, -0.05) is 12.1 Å². The zero-order valence-corrected chi connectivity index (χ0v) is 15.5. The minimum absolute atomic E-state index is 0.0837. The molecule has 2 heterocycles. The van der Waals surface area contributed by atoms with Gasteiger partial charge in [-0.15, -0.1) is 11.6 Å². The molecule has 1 aromatic heterocycles. The van der Waals surface area contributed by atoms with Gasteiger partial charge in [-0.2, -0.15) is 4.31 Å². The number of hydrogen-bond donors (Lipinski definition) is 0. The fourth-order valence-electron chi connectivity index (χ4n) is 2.94. The quantitative estimate of drug-likeness (QED) is 0.426. The molecule has 26 heavy (non-hydrogen) atoms. The largest absolute Gasteiger partial charge is 0.287 e. The lowest BCUT2D eigenvalue weighted by Crippen LogP contribution is -2.36. The lowest BCUT2D eigenvalue weighted by atomic mass is 10.1. The van der Waals surface area contributed by atoms with Crippen LogP contribution in [0.2, 0.25) is 0 Å². The van der Waals surface area contributed by atoms with Crippen molar-refractivity contribution < 1.29 is 13.3 Å². The molecule has 0 atom stereocenters. The Hall–Kier alpha value is -2.03. The van der Waals surface area contributed by atoms with Crippen molar-refractivity contribution in [2.45, 2.75) is 30.7 Å². The van der Waals surface area contributed by atoms with Crippen LogP contribution in [0.5, 0.6) is 0 Å². The second kappa shape index (κ2) is 7.69. The number of aryl methyl sites for hydroxylation is 1. The van der Waals surface area contributed by atoms with Crippen LogP contribution in [0.25, 0.3) is 0 Å². The van der Waals surface area contributed by atoms with Crippen LogP contribution in [0, 0.1) is 10.1 Å². The maximum atomic E-state index is 12.9. The van der Waals surface area contributed by atoms with Gasteiger partial charge in [0.15, 0.2) is 0 Å². The van der Waals surface area contributed by atoms with Crippen molar-refractivity contribution in [1.29, 1.82) is 0 Å². The highest BCUT2D eigenvalue weighted by atomic mass is 35.5. The summed E-state index contributed by atoms with van der Waals surface area (Å²) >= 11 is 5.68. The van der Waals surface area contributed by atoms with Gasteiger partial charge in [-0.25, -0.2) is 8.42 Å². The van der Waals surface area contributed by atoms with E-state index in [9.17, 15) is 18.5 Å². The topological polar surface area (TPSA) is 93.4 Å². The zero-order valence-electron chi connectivity index (χ0n) is 14.0. The third-order valence-corrected chi connectivity index (χ3v) is 6.49. The number of sulfonamides is 1. The zero-order chi connectivity index (χ0) is 18.7. The van der Waals surface area contributed by atoms with Gasteiger partial charge < -0.3 is 0 Å². The number of hydrogen-bond acceptors (Lipinski definition) is 5. The van der Waals surface area contributed by atoms with Crippen LogP contribution < -0.4 is 0 Å². The van der Waals surface area contributed by atoms with Crippen molar-refractivity contribution in [2.24, 2.45) is 0 Å². The minimum atomic E-state index is -3.67. The van der Waals surface area contributed by atoms with Crippen LogP contribution in [-0.2, 0) is 29.4 Å². The summed E-state index contributed by atoms with van der Waals surface area (Å²) in [5.74, 6) is 0.563. The maximum absolute atomic E-state index is 12.9. The van der Waals surface area contributed by atoms with Crippen LogP contribution >= 0.6 is 11.6 Å². The van der Waals surface area contributed by atoms with Crippen LogP contribution in [-0.4, -0.2) is 35.1 Å². The third-order valence-electron chi connectivity index (χ3n) is 4.36. The summed E-state index contributed by atoms with van der Waals surface area (Å²) in [5, 5.41) is 10.9. The summed E-state index contributed by atoms with van der Waals surface area (Å²) in [6.07, 6.45) is 3.28. The first-order valence-corrected chi connectivity index (χ1v) is 10.2. The molecule has 0 unspecified atom stereocenters. The average Bonchev–Trinajstić information content (AvgIpc) is 2.65. The van der Waals surface area contributed by atoms with Gasteiger partial charge >= 0.3 is 0 Å². The van der Waals surface area contributed by atoms with Gasteiger partial charge in [0.25, 0.3) is 5.69 Å². The summed E-state index contributed by atoms with van der Waals surface area (Å²) in [6.45, 7) is 0.383. The van der Waals surface area contributed by atoms with E-state index in [1.807, 2.05) is 0 Å². The van der Waals surface area contributed by atoms with Gasteiger partial charge in [0, 0.05) is 37.2 Å². The molecule has 0 amide bonds. The fraction of sp³-hybridized carbons (Fsp3) is 0.353. The molecular weight excluding hydrogens is 378 g/mol. The fourth-order valence-corrected chi connectivity index (χ4v) is 4.49. The second-order valence-electron chi connectivity index (χ2n) is 6.08. The van der Waals surface area contributed by atoms with E-state index in [0.717, 1.165) is 18.4 Å². The Labute approximate surface area is 156 Å². The molecule has 0 N–H and O–H groups in total. The number of aromatic nitrogens is 1. The van der Waals surface area contributed by atoms with Crippen LogP contribution in [0.15, 0.2) is 41.4 Å². The number of halogens is 1. The molecular formula is C17H18ClN3O4S. The van der Waals surface area contributed by atoms with E-state index in [1.54, 1.807) is 24.3 Å². The van der Waals surface area contributed by atoms with E-state index in [2.05, 4.69) is 4.98 Å². The Morgan fingerprint density at radius 1 is 1.27 bits per heavy atom. The molecule has 0 saturated heterocycles. The summed E-state index contributed by atoms with van der Waals surface area (Å²) in [5.41, 5.74) is 2.19. The summed E-state index contributed by atoms with van der Waals surface area (Å²) < 4.78 is 27.1. The molecule has 3 rings (SSSR count). The van der Waals surface area contributed by atoms with Crippen LogP contribution in [0.1, 0.15) is 23.2 Å². The number of rotatable bonds is 6. The number of pyridine rings is 1. The molecule has 0 bridgehead atoms. The minimum Gasteiger partial charge on any atom is -0.258 e. The number of benzene rings is 1. The lowest BCUT2D eigenvalue weighted by molar-refractivity contribution is -0.385. The normalized spacial score (nSPS) is 14.8. The molecule has 0 fully saturated rings. The monoisotopic (exact) mass is 395 g/mol. The summed E-state index contributed by atoms with van der Waals surface area (Å²) in [6, 6.07) is 8.19. The van der Waals surface area contributed by atoms with Crippen molar-refractivity contribution in [3.8, 4) is 0 Å². The highest BCUT2D eigenvalue weighted by molar-refractivity contribution is 7.89. The molecule has 0 aliphatic carbocycles. The molecule has 0 spiro atoms. The van der Waals surface area contributed by atoms with Crippen molar-refractivity contribution in [2.75, 3.05) is 12.4 Å². The predicted octanol–water partition coefficient (Wildman–Crippen LogP) is 2.91. The van der Waals surface area contributed by atoms with Crippen molar-refractivity contribution >= 4 is 27.3 Å². The molecule has 1 aliphatic heterocycles. The highest BCUT2D eigenvalue weighted by Gasteiger charge is 2.29. The Bertz CT molecular complexity index is 916. The molecule has 1 aliphatic rings. The number of nitrogens with zero attached hydrogens (tertiary/aromatic N) is 3. The van der Waals surface area contributed by atoms with Crippen molar-refractivity contribution in [3.05, 3.63) is 63.5 Å². The highest BCUT2D eigenvalue weighted by Crippen LogP contribution is 2.26. The van der Waals surface area contributed by atoms with Gasteiger partial charge in [0.1, 0.15) is 6.20 Å². The number of alkyl halides is 1. The van der Waals surface area contributed by atoms with Gasteiger partial charge in [-0.3, -0.25) is 15.1 Å². The van der Waals surface area contributed by atoms with Gasteiger partial charge in [0.05, 0.1) is 9.82 Å². The van der Waals surface area contributed by atoms with Crippen LogP contribution in [0.3, 0.4) is 0 Å². The molecule has 1 aromatic carbocycles. The maximum Gasteiger partial charge on any atom is 0.287 e. The average molecular weight is 396 g/mol. The SMILES string of the molecule is O=[N+]([O-])c1cnc2c(c1)CN(S(=O)(=O)c1ccc(CCCCl)cc1)CC2. The summed E-state index contributed by atoms with van der Waals surface area (Å²) in [4.78, 5) is 14.7. The van der Waals surface area contributed by atoms with E-state index in [1.165, 1.54) is 16.6 Å². The van der Waals surface area contributed by atoms with Gasteiger partial charge in [-0.05, 0) is 36.1 Å². The summed E-state index contributed by atoms with van der Waals surface area (Å²) in [7, 11) is -3.67. The van der Waals surface area contributed by atoms with Crippen molar-refractivity contribution in [3.63, 3.8) is 0 Å². The number of nitro groups is 1. The Morgan fingerprint density at radius 3 is 2.65 bits per heavy atom. The Balaban J connectivity index is 1.82. The van der Waals surface area contributed by atoms with Gasteiger partial charge in [0.2, 0.25) is 10.0 Å². The standard InChI is InChI=1S/C17H18ClN3O4S/c18-8-1-2-13-3-5-16(6-4-13)26(24,25)20-9-7-17-14(12-20)10-15(11-19-17)21(22)23/h3-6,10-11H,1-2,7-9,12H2. The Morgan fingerprint density at radius 2 is 2.00 bits per heavy atom. The smallest absolute Gasteiger partial charge is 0.258 e. The van der Waals surface area contributed by atoms with E-state index in [4.69, 9.17) is 11.6 Å². The molecule has 0 saturated carbocycles. The van der Waals surface area contributed by atoms with Crippen LogP contribution in [0.4, 0.5) is 5.69 Å². The molecule has 0 radical (unpaired) electrons. The van der Waals surface area contributed by atoms with E-state index in [0.29, 0.717) is 30.1 Å². The molecule has 138 valence electrons. The van der Waals surface area contributed by atoms with E-state index >= 15 is 0 Å². The first-order chi connectivity index (χ1) is 12.4. The van der Waals surface area contributed by atoms with Crippen molar-refractivity contribution in [1.82, 2.24) is 9.29 Å². The third kappa shape index (κ3) is 3.87. The molecule has 9 heteroatoms. The first-order valence-electron chi connectivity index (χ1n) is 8.19. The molecule has 2 aromatic rings. The van der Waals surface area contributed by atoms with E-state index in [-0.39, 0.29) is 17.1 Å². The van der Waals surface area contributed by atoms with E-state index < -0.39 is 14.9 Å². The first kappa shape index (κ1) is 18.8. The second-order valence-corrected chi connectivity index (χ2v) is 8.40. The number of fused-ring (bicyclic) bond motifs is 1. The predicted molar refractivity (Wildman–Crippen MR) is 97.7 cm³/mol. The Kier molecular flexibility index (Phi) is 5.55. The lowest BCUT2D eigenvalue weighted by Gasteiger charge is -2.27. The molecule has 7 nitrogen and oxygen atoms in total.